The molecule has 0 bridgehead atoms. The molecule has 0 aliphatic heterocycles. The van der Waals surface area contributed by atoms with Gasteiger partial charge in [-0.15, -0.1) is 0 Å². The monoisotopic (exact) mass is 344 g/mol. The molecule has 1 aromatic rings. The van der Waals surface area contributed by atoms with Crippen molar-refractivity contribution in [3.63, 3.8) is 0 Å². The minimum absolute atomic E-state index is 0.0943. The van der Waals surface area contributed by atoms with Crippen LogP contribution in [0.15, 0.2) is 28.7 Å². The number of aliphatic hydroxyl groups is 2. The highest BCUT2D eigenvalue weighted by atomic mass is 79.9. The van der Waals surface area contributed by atoms with Gasteiger partial charge in [0.25, 0.3) is 0 Å². The van der Waals surface area contributed by atoms with E-state index in [0.717, 1.165) is 10.2 Å². The number of halogens is 1. The van der Waals surface area contributed by atoms with Gasteiger partial charge in [-0.1, -0.05) is 15.9 Å². The van der Waals surface area contributed by atoms with Crippen molar-refractivity contribution in [2.24, 2.45) is 0 Å². The van der Waals surface area contributed by atoms with E-state index in [9.17, 15) is 4.79 Å². The summed E-state index contributed by atoms with van der Waals surface area (Å²) in [6.07, 6.45) is 1.24. The van der Waals surface area contributed by atoms with Gasteiger partial charge < -0.3 is 15.5 Å². The van der Waals surface area contributed by atoms with Gasteiger partial charge in [0, 0.05) is 36.5 Å². The maximum Gasteiger partial charge on any atom is 0.238 e. The van der Waals surface area contributed by atoms with Gasteiger partial charge in [-0.2, -0.15) is 0 Å². The van der Waals surface area contributed by atoms with E-state index in [1.54, 1.807) is 0 Å². The molecule has 0 saturated heterocycles. The fraction of sp³-hybridized carbons (Fsp3) is 0.500. The minimum atomic E-state index is -0.0943. The molecule has 0 saturated carbocycles. The summed E-state index contributed by atoms with van der Waals surface area (Å²) in [4.78, 5) is 13.9. The zero-order chi connectivity index (χ0) is 14.8. The highest BCUT2D eigenvalue weighted by Gasteiger charge is 2.10. The molecule has 0 aliphatic carbocycles. The predicted octanol–water partition coefficient (Wildman–Crippen LogP) is 1.45. The van der Waals surface area contributed by atoms with Gasteiger partial charge in [-0.25, -0.2) is 0 Å². The number of aliphatic hydroxyl groups excluding tert-OH is 2. The van der Waals surface area contributed by atoms with E-state index in [-0.39, 0.29) is 25.7 Å². The third kappa shape index (κ3) is 7.00. The van der Waals surface area contributed by atoms with Crippen molar-refractivity contribution < 1.29 is 15.0 Å². The second-order valence-corrected chi connectivity index (χ2v) is 5.40. The van der Waals surface area contributed by atoms with E-state index in [0.29, 0.717) is 25.9 Å². The summed E-state index contributed by atoms with van der Waals surface area (Å²) in [6, 6.07) is 7.39. The Bertz CT molecular complexity index is 390. The van der Waals surface area contributed by atoms with Crippen LogP contribution in [0.25, 0.3) is 0 Å². The molecule has 1 rings (SSSR count). The number of carbonyl (C=O) groups excluding carboxylic acids is 1. The molecule has 112 valence electrons. The van der Waals surface area contributed by atoms with Crippen molar-refractivity contribution in [1.29, 1.82) is 0 Å². The smallest absolute Gasteiger partial charge is 0.238 e. The van der Waals surface area contributed by atoms with Crippen LogP contribution in [0.2, 0.25) is 0 Å². The van der Waals surface area contributed by atoms with E-state index in [1.807, 2.05) is 29.2 Å². The second-order valence-electron chi connectivity index (χ2n) is 4.49. The summed E-state index contributed by atoms with van der Waals surface area (Å²) >= 11 is 3.34. The lowest BCUT2D eigenvalue weighted by Crippen LogP contribution is -2.35. The molecule has 0 aliphatic rings. The molecule has 0 atom stereocenters. The molecule has 0 spiro atoms. The lowest BCUT2D eigenvalue weighted by Gasteiger charge is -2.21. The first-order valence-electron chi connectivity index (χ1n) is 6.65. The van der Waals surface area contributed by atoms with Gasteiger partial charge in [0.05, 0.1) is 6.54 Å². The summed E-state index contributed by atoms with van der Waals surface area (Å²) in [5.41, 5.74) is 0.752. The lowest BCUT2D eigenvalue weighted by atomic mass is 10.3. The molecule has 0 aromatic heterocycles. The predicted molar refractivity (Wildman–Crippen MR) is 82.6 cm³/mol. The number of hydrogen-bond donors (Lipinski definition) is 3. The Morgan fingerprint density at radius 3 is 2.15 bits per heavy atom. The first-order valence-corrected chi connectivity index (χ1v) is 7.44. The number of anilines is 1. The Balaban J connectivity index is 2.45. The van der Waals surface area contributed by atoms with E-state index in [2.05, 4.69) is 21.2 Å². The Morgan fingerprint density at radius 2 is 1.65 bits per heavy atom. The Morgan fingerprint density at radius 1 is 1.10 bits per heavy atom. The number of carbonyl (C=O) groups is 1. The van der Waals surface area contributed by atoms with Crippen LogP contribution in [-0.2, 0) is 4.79 Å². The fourth-order valence-electron chi connectivity index (χ4n) is 1.80. The molecule has 6 heteroatoms. The highest BCUT2D eigenvalue weighted by Crippen LogP contribution is 2.14. The third-order valence-electron chi connectivity index (χ3n) is 2.76. The van der Waals surface area contributed by atoms with Crippen LogP contribution in [0.1, 0.15) is 12.8 Å². The quantitative estimate of drug-likeness (QED) is 0.634. The van der Waals surface area contributed by atoms with Gasteiger partial charge >= 0.3 is 0 Å². The zero-order valence-electron chi connectivity index (χ0n) is 11.4. The fourth-order valence-corrected chi connectivity index (χ4v) is 2.06. The summed E-state index contributed by atoms with van der Waals surface area (Å²) in [6.45, 7) is 1.75. The van der Waals surface area contributed by atoms with Gasteiger partial charge in [0.1, 0.15) is 0 Å². The number of nitrogens with one attached hydrogen (secondary N) is 1. The maximum absolute atomic E-state index is 11.9. The van der Waals surface area contributed by atoms with Crippen LogP contribution in [0.3, 0.4) is 0 Å². The molecule has 5 nitrogen and oxygen atoms in total. The van der Waals surface area contributed by atoms with Gasteiger partial charge in [0.2, 0.25) is 5.91 Å². The Kier molecular flexibility index (Phi) is 8.45. The van der Waals surface area contributed by atoms with Gasteiger partial charge in [0.15, 0.2) is 0 Å². The maximum atomic E-state index is 11.9. The molecule has 3 N–H and O–H groups in total. The topological polar surface area (TPSA) is 72.8 Å². The average molecular weight is 345 g/mol. The SMILES string of the molecule is O=C(CN(CCCO)CCCO)Nc1ccc(Br)cc1. The summed E-state index contributed by atoms with van der Waals surface area (Å²) in [5, 5.41) is 20.5. The number of rotatable bonds is 9. The van der Waals surface area contributed by atoms with Gasteiger partial charge in [-0.3, -0.25) is 9.69 Å². The molecular formula is C14H21BrN2O3. The van der Waals surface area contributed by atoms with Crippen LogP contribution in [0.4, 0.5) is 5.69 Å². The minimum Gasteiger partial charge on any atom is -0.396 e. The average Bonchev–Trinajstić information content (AvgIpc) is 2.44. The Hall–Kier alpha value is -0.950. The van der Waals surface area contributed by atoms with E-state index < -0.39 is 0 Å². The van der Waals surface area contributed by atoms with Crippen molar-refractivity contribution in [2.45, 2.75) is 12.8 Å². The number of nitrogens with zero attached hydrogens (tertiary/aromatic N) is 1. The summed E-state index contributed by atoms with van der Waals surface area (Å²) in [5.74, 6) is -0.0943. The van der Waals surface area contributed by atoms with Crippen LogP contribution < -0.4 is 5.32 Å². The van der Waals surface area contributed by atoms with E-state index >= 15 is 0 Å². The molecule has 0 heterocycles. The molecular weight excluding hydrogens is 324 g/mol. The number of hydrogen-bond acceptors (Lipinski definition) is 4. The van der Waals surface area contributed by atoms with Crippen LogP contribution >= 0.6 is 15.9 Å². The van der Waals surface area contributed by atoms with Crippen molar-refractivity contribution in [3.05, 3.63) is 28.7 Å². The van der Waals surface area contributed by atoms with Crippen molar-refractivity contribution >= 4 is 27.5 Å². The number of amides is 1. The normalized spacial score (nSPS) is 10.8. The lowest BCUT2D eigenvalue weighted by molar-refractivity contribution is -0.117. The molecule has 0 unspecified atom stereocenters. The second kappa shape index (κ2) is 9.88. The first kappa shape index (κ1) is 17.1. The molecule has 0 fully saturated rings. The van der Waals surface area contributed by atoms with Crippen LogP contribution in [0, 0.1) is 0 Å². The first-order chi connectivity index (χ1) is 9.65. The van der Waals surface area contributed by atoms with Crippen molar-refractivity contribution in [1.82, 2.24) is 4.90 Å². The van der Waals surface area contributed by atoms with E-state index in [1.165, 1.54) is 0 Å². The van der Waals surface area contributed by atoms with Crippen molar-refractivity contribution in [3.8, 4) is 0 Å². The van der Waals surface area contributed by atoms with E-state index in [4.69, 9.17) is 10.2 Å². The molecule has 1 amide bonds. The summed E-state index contributed by atoms with van der Waals surface area (Å²) in [7, 11) is 0. The van der Waals surface area contributed by atoms with Crippen LogP contribution in [0.5, 0.6) is 0 Å². The third-order valence-corrected chi connectivity index (χ3v) is 3.29. The zero-order valence-corrected chi connectivity index (χ0v) is 13.0. The molecule has 20 heavy (non-hydrogen) atoms. The van der Waals surface area contributed by atoms with Crippen LogP contribution in [-0.4, -0.2) is 53.9 Å². The standard InChI is InChI=1S/C14H21BrN2O3/c15-12-3-5-13(6-4-12)16-14(20)11-17(7-1-9-18)8-2-10-19/h3-6,18-19H,1-2,7-11H2,(H,16,20). The summed E-state index contributed by atoms with van der Waals surface area (Å²) < 4.78 is 0.961. The highest BCUT2D eigenvalue weighted by molar-refractivity contribution is 9.10. The molecule has 1 aromatic carbocycles. The largest absolute Gasteiger partial charge is 0.396 e. The van der Waals surface area contributed by atoms with Gasteiger partial charge in [-0.05, 0) is 37.1 Å². The molecule has 0 radical (unpaired) electrons. The Labute approximate surface area is 127 Å². The number of benzene rings is 1. The van der Waals surface area contributed by atoms with Crippen molar-refractivity contribution in [2.75, 3.05) is 38.2 Å².